The van der Waals surface area contributed by atoms with Gasteiger partial charge in [0.15, 0.2) is 0 Å². The number of ether oxygens (including phenoxy) is 2. The predicted octanol–water partition coefficient (Wildman–Crippen LogP) is 2.85. The molecular weight excluding hydrogens is 306 g/mol. The second-order valence-electron chi connectivity index (χ2n) is 6.21. The van der Waals surface area contributed by atoms with Crippen LogP contribution in [-0.4, -0.2) is 25.1 Å². The van der Waals surface area contributed by atoms with Crippen LogP contribution in [0.25, 0.3) is 0 Å². The van der Waals surface area contributed by atoms with Crippen molar-refractivity contribution in [1.82, 2.24) is 5.32 Å². The lowest BCUT2D eigenvalue weighted by Crippen LogP contribution is -2.39. The fourth-order valence-electron chi connectivity index (χ4n) is 2.75. The van der Waals surface area contributed by atoms with Gasteiger partial charge in [0.05, 0.1) is 25.0 Å². The first-order chi connectivity index (χ1) is 11.5. The number of carbonyl (C=O) groups is 2. The summed E-state index contributed by atoms with van der Waals surface area (Å²) in [6.45, 7) is 4.06. The molecule has 5 nitrogen and oxygen atoms in total. The molecule has 0 bridgehead atoms. The number of hydrogen-bond acceptors (Lipinski definition) is 4. The third kappa shape index (κ3) is 4.85. The van der Waals surface area contributed by atoms with Gasteiger partial charge in [0.2, 0.25) is 5.91 Å². The van der Waals surface area contributed by atoms with Crippen LogP contribution in [0.15, 0.2) is 36.4 Å². The van der Waals surface area contributed by atoms with Crippen LogP contribution in [0.2, 0.25) is 0 Å². The molecule has 0 aliphatic heterocycles. The maximum absolute atomic E-state index is 12.5. The molecule has 0 aromatic heterocycles. The lowest BCUT2D eigenvalue weighted by atomic mass is 9.82. The molecule has 0 heterocycles. The second-order valence-corrected chi connectivity index (χ2v) is 6.21. The first-order valence-corrected chi connectivity index (χ1v) is 8.27. The van der Waals surface area contributed by atoms with Crippen LogP contribution >= 0.6 is 0 Å². The molecule has 24 heavy (non-hydrogen) atoms. The summed E-state index contributed by atoms with van der Waals surface area (Å²) in [4.78, 5) is 24.7. The maximum Gasteiger partial charge on any atom is 0.310 e. The lowest BCUT2D eigenvalue weighted by molar-refractivity contribution is -0.156. The van der Waals surface area contributed by atoms with Crippen molar-refractivity contribution in [1.29, 1.82) is 0 Å². The topological polar surface area (TPSA) is 64.6 Å². The van der Waals surface area contributed by atoms with E-state index in [9.17, 15) is 9.59 Å². The van der Waals surface area contributed by atoms with Crippen LogP contribution in [0, 0.1) is 11.8 Å². The van der Waals surface area contributed by atoms with E-state index in [0.717, 1.165) is 11.3 Å². The molecule has 0 saturated carbocycles. The Balaban J connectivity index is 1.95. The van der Waals surface area contributed by atoms with E-state index in [-0.39, 0.29) is 23.9 Å². The van der Waals surface area contributed by atoms with E-state index in [4.69, 9.17) is 9.47 Å². The largest absolute Gasteiger partial charge is 0.497 e. The Bertz CT molecular complexity index is 592. The number of hydrogen-bond donors (Lipinski definition) is 1. The molecule has 1 aliphatic carbocycles. The summed E-state index contributed by atoms with van der Waals surface area (Å²) in [5, 5.41) is 2.92. The highest BCUT2D eigenvalue weighted by Crippen LogP contribution is 2.27. The SMILES string of the molecule is COc1ccc(CNC(=O)[C@H]2CC=CC[C@H]2C(=O)OC(C)C)cc1. The third-order valence-electron chi connectivity index (χ3n) is 4.05. The molecule has 0 unspecified atom stereocenters. The van der Waals surface area contributed by atoms with Crippen LogP contribution in [0.3, 0.4) is 0 Å². The van der Waals surface area contributed by atoms with Gasteiger partial charge in [-0.2, -0.15) is 0 Å². The molecule has 0 fully saturated rings. The third-order valence-corrected chi connectivity index (χ3v) is 4.05. The van der Waals surface area contributed by atoms with Gasteiger partial charge >= 0.3 is 5.97 Å². The Morgan fingerprint density at radius 1 is 1.12 bits per heavy atom. The molecule has 5 heteroatoms. The number of nitrogens with one attached hydrogen (secondary N) is 1. The number of carbonyl (C=O) groups excluding carboxylic acids is 2. The zero-order valence-electron chi connectivity index (χ0n) is 14.5. The van der Waals surface area contributed by atoms with Crippen molar-refractivity contribution in [3.8, 4) is 5.75 Å². The Morgan fingerprint density at radius 2 is 1.75 bits per heavy atom. The molecule has 130 valence electrons. The average Bonchev–Trinajstić information content (AvgIpc) is 2.59. The van der Waals surface area contributed by atoms with Gasteiger partial charge in [-0.05, 0) is 44.4 Å². The summed E-state index contributed by atoms with van der Waals surface area (Å²) in [6.07, 6.45) is 4.83. The normalized spacial score (nSPS) is 19.8. The fourth-order valence-corrected chi connectivity index (χ4v) is 2.75. The Labute approximate surface area is 143 Å². The number of methoxy groups -OCH3 is 1. The van der Waals surface area contributed by atoms with E-state index >= 15 is 0 Å². The molecule has 1 N–H and O–H groups in total. The summed E-state index contributed by atoms with van der Waals surface area (Å²) in [5.74, 6) is -0.411. The minimum absolute atomic E-state index is 0.110. The van der Waals surface area contributed by atoms with E-state index in [2.05, 4.69) is 5.32 Å². The van der Waals surface area contributed by atoms with E-state index in [1.54, 1.807) is 7.11 Å². The summed E-state index contributed by atoms with van der Waals surface area (Å²) >= 11 is 0. The molecule has 1 aliphatic rings. The van der Waals surface area contributed by atoms with Gasteiger partial charge in [-0.15, -0.1) is 0 Å². The monoisotopic (exact) mass is 331 g/mol. The van der Waals surface area contributed by atoms with Crippen LogP contribution in [0.4, 0.5) is 0 Å². The first-order valence-electron chi connectivity index (χ1n) is 8.27. The van der Waals surface area contributed by atoms with Crippen molar-refractivity contribution < 1.29 is 19.1 Å². The van der Waals surface area contributed by atoms with E-state index in [1.807, 2.05) is 50.3 Å². The van der Waals surface area contributed by atoms with Gasteiger partial charge in [0, 0.05) is 6.54 Å². The van der Waals surface area contributed by atoms with Crippen molar-refractivity contribution in [3.63, 3.8) is 0 Å². The van der Waals surface area contributed by atoms with Gasteiger partial charge in [-0.3, -0.25) is 9.59 Å². The van der Waals surface area contributed by atoms with Gasteiger partial charge in [-0.1, -0.05) is 24.3 Å². The number of benzene rings is 1. The highest BCUT2D eigenvalue weighted by molar-refractivity contribution is 5.86. The average molecular weight is 331 g/mol. The van der Waals surface area contributed by atoms with Crippen LogP contribution in [-0.2, 0) is 20.9 Å². The van der Waals surface area contributed by atoms with E-state index in [0.29, 0.717) is 19.4 Å². The molecule has 0 radical (unpaired) electrons. The second kappa shape index (κ2) is 8.52. The molecule has 1 amide bonds. The van der Waals surface area contributed by atoms with Crippen molar-refractivity contribution in [2.45, 2.75) is 39.3 Å². The van der Waals surface area contributed by atoms with Crippen molar-refractivity contribution in [2.24, 2.45) is 11.8 Å². The highest BCUT2D eigenvalue weighted by atomic mass is 16.5. The molecule has 2 rings (SSSR count). The molecular formula is C19H25NO4. The molecule has 0 saturated heterocycles. The van der Waals surface area contributed by atoms with Crippen LogP contribution in [0.5, 0.6) is 5.75 Å². The highest BCUT2D eigenvalue weighted by Gasteiger charge is 2.35. The summed E-state index contributed by atoms with van der Waals surface area (Å²) in [5.41, 5.74) is 0.983. The van der Waals surface area contributed by atoms with Crippen LogP contribution < -0.4 is 10.1 Å². The number of allylic oxidation sites excluding steroid dienone is 2. The van der Waals surface area contributed by atoms with E-state index in [1.165, 1.54) is 0 Å². The molecule has 2 atom stereocenters. The van der Waals surface area contributed by atoms with Gasteiger partial charge in [0.25, 0.3) is 0 Å². The van der Waals surface area contributed by atoms with Gasteiger partial charge < -0.3 is 14.8 Å². The Kier molecular flexibility index (Phi) is 6.41. The molecule has 0 spiro atoms. The zero-order valence-corrected chi connectivity index (χ0v) is 14.5. The number of rotatable bonds is 6. The Hall–Kier alpha value is -2.30. The minimum Gasteiger partial charge on any atom is -0.497 e. The summed E-state index contributed by atoms with van der Waals surface area (Å²) < 4.78 is 10.4. The quantitative estimate of drug-likeness (QED) is 0.643. The minimum atomic E-state index is -0.409. The Morgan fingerprint density at radius 3 is 2.33 bits per heavy atom. The predicted molar refractivity (Wildman–Crippen MR) is 91.4 cm³/mol. The zero-order chi connectivity index (χ0) is 17.5. The van der Waals surface area contributed by atoms with Crippen molar-refractivity contribution in [3.05, 3.63) is 42.0 Å². The van der Waals surface area contributed by atoms with Crippen molar-refractivity contribution in [2.75, 3.05) is 7.11 Å². The van der Waals surface area contributed by atoms with Gasteiger partial charge in [0.1, 0.15) is 5.75 Å². The molecule has 1 aromatic rings. The number of esters is 1. The smallest absolute Gasteiger partial charge is 0.310 e. The molecule has 1 aromatic carbocycles. The first kappa shape index (κ1) is 18.0. The van der Waals surface area contributed by atoms with Crippen molar-refractivity contribution >= 4 is 11.9 Å². The maximum atomic E-state index is 12.5. The van der Waals surface area contributed by atoms with Crippen LogP contribution in [0.1, 0.15) is 32.3 Å². The standard InChI is InChI=1S/C19H25NO4/c1-13(2)24-19(22)17-7-5-4-6-16(17)18(21)20-12-14-8-10-15(23-3)11-9-14/h4-5,8-11,13,16-17H,6-7,12H2,1-3H3,(H,20,21)/t16-,17+/m0/s1. The summed E-state index contributed by atoms with van der Waals surface area (Å²) in [6, 6.07) is 7.52. The number of amides is 1. The lowest BCUT2D eigenvalue weighted by Gasteiger charge is -2.26. The van der Waals surface area contributed by atoms with Gasteiger partial charge in [-0.25, -0.2) is 0 Å². The fraction of sp³-hybridized carbons (Fsp3) is 0.474. The van der Waals surface area contributed by atoms with E-state index < -0.39 is 5.92 Å². The summed E-state index contributed by atoms with van der Waals surface area (Å²) in [7, 11) is 1.61.